The fourth-order valence-electron chi connectivity index (χ4n) is 2.93. The Kier molecular flexibility index (Phi) is 6.20. The number of amides is 2. The van der Waals surface area contributed by atoms with Crippen LogP contribution < -0.4 is 5.32 Å². The third-order valence-electron chi connectivity index (χ3n) is 4.89. The Morgan fingerprint density at radius 2 is 1.95 bits per heavy atom. The summed E-state index contributed by atoms with van der Waals surface area (Å²) in [5.74, 6) is 0.135. The zero-order valence-corrected chi connectivity index (χ0v) is 14.2. The predicted octanol–water partition coefficient (Wildman–Crippen LogP) is 1.95. The van der Waals surface area contributed by atoms with E-state index in [2.05, 4.69) is 5.32 Å². The second-order valence-electron chi connectivity index (χ2n) is 6.30. The lowest BCUT2D eigenvalue weighted by Crippen LogP contribution is -2.72. The van der Waals surface area contributed by atoms with Gasteiger partial charge in [-0.3, -0.25) is 9.59 Å². The molecule has 5 heteroatoms. The molecule has 1 aliphatic heterocycles. The van der Waals surface area contributed by atoms with E-state index in [0.717, 1.165) is 12.8 Å². The Labute approximate surface area is 128 Å². The van der Waals surface area contributed by atoms with Gasteiger partial charge in [0.2, 0.25) is 11.8 Å². The maximum absolute atomic E-state index is 12.9. The van der Waals surface area contributed by atoms with Gasteiger partial charge in [0.25, 0.3) is 0 Å². The molecule has 1 aliphatic rings. The molecule has 0 radical (unpaired) electrons. The van der Waals surface area contributed by atoms with Crippen molar-refractivity contribution in [2.75, 3.05) is 13.7 Å². The van der Waals surface area contributed by atoms with Crippen molar-refractivity contribution in [3.05, 3.63) is 0 Å². The smallest absolute Gasteiger partial charge is 0.246 e. The summed E-state index contributed by atoms with van der Waals surface area (Å²) < 4.78 is 5.12. The van der Waals surface area contributed by atoms with E-state index in [-0.39, 0.29) is 23.8 Å². The fraction of sp³-hybridized carbons (Fsp3) is 0.875. The molecule has 5 nitrogen and oxygen atoms in total. The SMILES string of the molecule is CCC(C)C1NC(=O)C(C)(CC)N(C(C)CCOC)C1=O. The van der Waals surface area contributed by atoms with E-state index >= 15 is 0 Å². The third kappa shape index (κ3) is 3.39. The Morgan fingerprint density at radius 3 is 2.43 bits per heavy atom. The van der Waals surface area contributed by atoms with E-state index in [9.17, 15) is 9.59 Å². The molecule has 4 unspecified atom stereocenters. The Balaban J connectivity index is 3.09. The van der Waals surface area contributed by atoms with Crippen molar-refractivity contribution >= 4 is 11.8 Å². The van der Waals surface area contributed by atoms with Gasteiger partial charge in [-0.05, 0) is 32.6 Å². The lowest BCUT2D eigenvalue weighted by Gasteiger charge is -2.49. The lowest BCUT2D eigenvalue weighted by atomic mass is 9.85. The van der Waals surface area contributed by atoms with Gasteiger partial charge >= 0.3 is 0 Å². The molecule has 0 aromatic heterocycles. The van der Waals surface area contributed by atoms with Crippen molar-refractivity contribution in [3.8, 4) is 0 Å². The summed E-state index contributed by atoms with van der Waals surface area (Å²) in [6, 6.07) is -0.424. The van der Waals surface area contributed by atoms with Gasteiger partial charge < -0.3 is 15.0 Å². The first-order chi connectivity index (χ1) is 9.83. The van der Waals surface area contributed by atoms with Crippen LogP contribution >= 0.6 is 0 Å². The number of ether oxygens (including phenoxy) is 1. The minimum atomic E-state index is -0.770. The van der Waals surface area contributed by atoms with Crippen LogP contribution in [0.3, 0.4) is 0 Å². The van der Waals surface area contributed by atoms with Crippen molar-refractivity contribution in [2.45, 2.75) is 71.5 Å². The maximum Gasteiger partial charge on any atom is 0.246 e. The lowest BCUT2D eigenvalue weighted by molar-refractivity contribution is -0.161. The van der Waals surface area contributed by atoms with E-state index < -0.39 is 11.6 Å². The molecule has 0 aromatic rings. The second-order valence-corrected chi connectivity index (χ2v) is 6.30. The largest absolute Gasteiger partial charge is 0.385 e. The molecular weight excluding hydrogens is 268 g/mol. The van der Waals surface area contributed by atoms with Crippen LogP contribution in [0, 0.1) is 5.92 Å². The number of carbonyl (C=O) groups is 2. The number of methoxy groups -OCH3 is 1. The van der Waals surface area contributed by atoms with E-state index in [1.54, 1.807) is 12.0 Å². The molecule has 1 saturated heterocycles. The van der Waals surface area contributed by atoms with Crippen LogP contribution in [-0.4, -0.2) is 48.1 Å². The van der Waals surface area contributed by atoms with Crippen LogP contribution in [0.1, 0.15) is 53.9 Å². The van der Waals surface area contributed by atoms with E-state index in [1.165, 1.54) is 0 Å². The number of rotatable bonds is 7. The molecular formula is C16H30N2O3. The highest BCUT2D eigenvalue weighted by molar-refractivity contribution is 5.99. The molecule has 1 rings (SSSR count). The molecule has 2 amide bonds. The zero-order chi connectivity index (χ0) is 16.2. The molecule has 1 N–H and O–H groups in total. The standard InChI is InChI=1S/C16H30N2O3/c1-7-11(3)13-14(19)18(12(4)9-10-21-6)16(5,8-2)15(20)17-13/h11-13H,7-10H2,1-6H3,(H,17,20). The summed E-state index contributed by atoms with van der Waals surface area (Å²) in [7, 11) is 1.65. The van der Waals surface area contributed by atoms with Crippen LogP contribution in [0.4, 0.5) is 0 Å². The Hall–Kier alpha value is -1.10. The molecule has 0 aliphatic carbocycles. The molecule has 1 heterocycles. The number of hydrogen-bond acceptors (Lipinski definition) is 3. The average Bonchev–Trinajstić information content (AvgIpc) is 2.48. The number of carbonyl (C=O) groups excluding carboxylic acids is 2. The molecule has 1 fully saturated rings. The Bertz CT molecular complexity index is 386. The third-order valence-corrected chi connectivity index (χ3v) is 4.89. The van der Waals surface area contributed by atoms with Gasteiger partial charge in [0.05, 0.1) is 0 Å². The number of hydrogen-bond donors (Lipinski definition) is 1. The Morgan fingerprint density at radius 1 is 1.33 bits per heavy atom. The maximum atomic E-state index is 12.9. The number of nitrogens with zero attached hydrogens (tertiary/aromatic N) is 1. The van der Waals surface area contributed by atoms with Gasteiger partial charge in [-0.1, -0.05) is 27.2 Å². The highest BCUT2D eigenvalue weighted by Crippen LogP contribution is 2.30. The van der Waals surface area contributed by atoms with E-state index in [1.807, 2.05) is 34.6 Å². The molecule has 0 bridgehead atoms. The first kappa shape index (κ1) is 18.0. The van der Waals surface area contributed by atoms with Crippen LogP contribution in [0.25, 0.3) is 0 Å². The van der Waals surface area contributed by atoms with Gasteiger partial charge in [0, 0.05) is 19.8 Å². The zero-order valence-electron chi connectivity index (χ0n) is 14.2. The first-order valence-electron chi connectivity index (χ1n) is 7.96. The summed E-state index contributed by atoms with van der Waals surface area (Å²) >= 11 is 0. The topological polar surface area (TPSA) is 58.6 Å². The number of piperazine rings is 1. The van der Waals surface area contributed by atoms with Gasteiger partial charge in [-0.25, -0.2) is 0 Å². The summed E-state index contributed by atoms with van der Waals surface area (Å²) in [5, 5.41) is 2.94. The van der Waals surface area contributed by atoms with Crippen molar-refractivity contribution in [1.82, 2.24) is 10.2 Å². The van der Waals surface area contributed by atoms with Gasteiger partial charge in [0.15, 0.2) is 0 Å². The quantitative estimate of drug-likeness (QED) is 0.781. The molecule has 4 atom stereocenters. The van der Waals surface area contributed by atoms with Crippen molar-refractivity contribution in [1.29, 1.82) is 0 Å². The normalized spacial score (nSPS) is 29.2. The molecule has 21 heavy (non-hydrogen) atoms. The molecule has 0 saturated carbocycles. The molecule has 0 spiro atoms. The highest BCUT2D eigenvalue weighted by atomic mass is 16.5. The van der Waals surface area contributed by atoms with Gasteiger partial charge in [-0.2, -0.15) is 0 Å². The summed E-state index contributed by atoms with van der Waals surface area (Å²) in [5.41, 5.74) is -0.770. The van der Waals surface area contributed by atoms with Crippen molar-refractivity contribution < 1.29 is 14.3 Å². The van der Waals surface area contributed by atoms with Crippen LogP contribution in [0.2, 0.25) is 0 Å². The monoisotopic (exact) mass is 298 g/mol. The van der Waals surface area contributed by atoms with Crippen LogP contribution in [-0.2, 0) is 14.3 Å². The fourth-order valence-corrected chi connectivity index (χ4v) is 2.93. The van der Waals surface area contributed by atoms with Crippen molar-refractivity contribution in [3.63, 3.8) is 0 Å². The second kappa shape index (κ2) is 7.25. The van der Waals surface area contributed by atoms with E-state index in [4.69, 9.17) is 4.74 Å². The van der Waals surface area contributed by atoms with Gasteiger partial charge in [-0.15, -0.1) is 0 Å². The van der Waals surface area contributed by atoms with Gasteiger partial charge in [0.1, 0.15) is 11.6 Å². The van der Waals surface area contributed by atoms with Crippen molar-refractivity contribution in [2.24, 2.45) is 5.92 Å². The minimum absolute atomic E-state index is 0.0139. The van der Waals surface area contributed by atoms with Crippen LogP contribution in [0.15, 0.2) is 0 Å². The minimum Gasteiger partial charge on any atom is -0.385 e. The average molecular weight is 298 g/mol. The summed E-state index contributed by atoms with van der Waals surface area (Å²) in [6.45, 7) is 10.4. The predicted molar refractivity (Wildman–Crippen MR) is 82.9 cm³/mol. The highest BCUT2D eigenvalue weighted by Gasteiger charge is 2.50. The summed E-state index contributed by atoms with van der Waals surface area (Å²) in [4.78, 5) is 27.3. The first-order valence-corrected chi connectivity index (χ1v) is 7.96. The molecule has 0 aromatic carbocycles. The van der Waals surface area contributed by atoms with E-state index in [0.29, 0.717) is 13.0 Å². The number of nitrogens with one attached hydrogen (secondary N) is 1. The summed E-state index contributed by atoms with van der Waals surface area (Å²) in [6.07, 6.45) is 2.20. The van der Waals surface area contributed by atoms with Crippen LogP contribution in [0.5, 0.6) is 0 Å². The molecule has 122 valence electrons.